The zero-order valence-corrected chi connectivity index (χ0v) is 22.3. The fourth-order valence-corrected chi connectivity index (χ4v) is 4.51. The van der Waals surface area contributed by atoms with Gasteiger partial charge in [0.05, 0.1) is 12.1 Å². The van der Waals surface area contributed by atoms with E-state index in [-0.39, 0.29) is 24.6 Å². The Balaban J connectivity index is 1.16. The van der Waals surface area contributed by atoms with Crippen molar-refractivity contribution in [2.45, 2.75) is 44.9 Å². The monoisotopic (exact) mass is 588 g/mol. The summed E-state index contributed by atoms with van der Waals surface area (Å²) >= 11 is 1.28. The van der Waals surface area contributed by atoms with Crippen molar-refractivity contribution >= 4 is 34.1 Å². The number of carbonyl (C=O) groups is 2. The SMILES string of the molecule is O=C(Cc1cccc(OC(F)(F)F)c1)Nc1ccc(CCCCc2nnc(NC(=O)Cc3cccc[n+]3O)s2)nn1. The molecule has 214 valence electrons. The second-order valence-electron chi connectivity index (χ2n) is 8.80. The predicted molar refractivity (Wildman–Crippen MR) is 140 cm³/mol. The number of amides is 2. The molecule has 3 heterocycles. The van der Waals surface area contributed by atoms with E-state index < -0.39 is 18.0 Å². The van der Waals surface area contributed by atoms with E-state index in [9.17, 15) is 28.0 Å². The van der Waals surface area contributed by atoms with Gasteiger partial charge in [-0.05, 0) is 55.2 Å². The molecule has 0 atom stereocenters. The lowest BCUT2D eigenvalue weighted by Crippen LogP contribution is -2.36. The maximum atomic E-state index is 12.4. The number of ether oxygens (including phenoxy) is 1. The van der Waals surface area contributed by atoms with Crippen LogP contribution in [0.2, 0.25) is 0 Å². The van der Waals surface area contributed by atoms with Crippen LogP contribution >= 0.6 is 11.3 Å². The summed E-state index contributed by atoms with van der Waals surface area (Å²) in [6.45, 7) is 0. The molecule has 0 aliphatic rings. The number of halogens is 3. The molecule has 0 aliphatic carbocycles. The molecule has 4 rings (SSSR count). The summed E-state index contributed by atoms with van der Waals surface area (Å²) in [5, 5.41) is 32.3. The van der Waals surface area contributed by atoms with Crippen LogP contribution in [0.4, 0.5) is 24.1 Å². The fourth-order valence-electron chi connectivity index (χ4n) is 3.71. The highest BCUT2D eigenvalue weighted by Gasteiger charge is 2.31. The Hall–Kier alpha value is -4.66. The first-order chi connectivity index (χ1) is 19.6. The minimum absolute atomic E-state index is 0.00951. The normalized spacial score (nSPS) is 11.2. The number of alkyl halides is 3. The fraction of sp³-hybridized carbons (Fsp3) is 0.269. The van der Waals surface area contributed by atoms with E-state index in [0.717, 1.165) is 40.4 Å². The van der Waals surface area contributed by atoms with Crippen LogP contribution in [0.5, 0.6) is 5.75 Å². The number of anilines is 2. The Morgan fingerprint density at radius 1 is 0.902 bits per heavy atom. The van der Waals surface area contributed by atoms with Crippen molar-refractivity contribution in [3.8, 4) is 5.75 Å². The first kappa shape index (κ1) is 29.3. The number of hydrogen-bond donors (Lipinski definition) is 3. The van der Waals surface area contributed by atoms with Gasteiger partial charge < -0.3 is 15.4 Å². The molecule has 0 saturated heterocycles. The second kappa shape index (κ2) is 13.6. The van der Waals surface area contributed by atoms with Gasteiger partial charge in [-0.2, -0.15) is 5.10 Å². The molecule has 11 nitrogen and oxygen atoms in total. The summed E-state index contributed by atoms with van der Waals surface area (Å²) in [7, 11) is 0. The Labute approximate surface area is 236 Å². The lowest BCUT2D eigenvalue weighted by Gasteiger charge is -2.10. The summed E-state index contributed by atoms with van der Waals surface area (Å²) in [4.78, 5) is 24.5. The third-order valence-electron chi connectivity index (χ3n) is 5.53. The van der Waals surface area contributed by atoms with Crippen LogP contribution in [0.3, 0.4) is 0 Å². The molecule has 0 fully saturated rings. The van der Waals surface area contributed by atoms with Crippen molar-refractivity contribution in [3.05, 3.63) is 82.8 Å². The Morgan fingerprint density at radius 2 is 1.71 bits per heavy atom. The molecule has 0 unspecified atom stereocenters. The van der Waals surface area contributed by atoms with Crippen LogP contribution in [0.25, 0.3) is 0 Å². The van der Waals surface area contributed by atoms with Gasteiger partial charge >= 0.3 is 6.36 Å². The highest BCUT2D eigenvalue weighted by molar-refractivity contribution is 7.15. The summed E-state index contributed by atoms with van der Waals surface area (Å²) in [6, 6.07) is 13.6. The lowest BCUT2D eigenvalue weighted by molar-refractivity contribution is -0.909. The number of nitrogens with zero attached hydrogens (tertiary/aromatic N) is 5. The first-order valence-corrected chi connectivity index (χ1v) is 13.2. The van der Waals surface area contributed by atoms with E-state index in [2.05, 4.69) is 35.8 Å². The van der Waals surface area contributed by atoms with Gasteiger partial charge in [-0.1, -0.05) is 23.5 Å². The maximum Gasteiger partial charge on any atom is 0.573 e. The van der Waals surface area contributed by atoms with Crippen LogP contribution in [0.15, 0.2) is 60.8 Å². The summed E-state index contributed by atoms with van der Waals surface area (Å²) in [6.07, 6.45) is -0.634. The van der Waals surface area contributed by atoms with Crippen molar-refractivity contribution in [2.24, 2.45) is 0 Å². The van der Waals surface area contributed by atoms with Gasteiger partial charge in [0.2, 0.25) is 28.8 Å². The molecule has 3 N–H and O–H groups in total. The van der Waals surface area contributed by atoms with E-state index in [1.54, 1.807) is 30.3 Å². The number of nitrogens with one attached hydrogen (secondary N) is 2. The molecule has 0 spiro atoms. The molecular formula is C26H25F3N7O4S+. The van der Waals surface area contributed by atoms with Gasteiger partial charge in [-0.15, -0.1) is 28.5 Å². The number of rotatable bonds is 12. The Morgan fingerprint density at radius 3 is 2.46 bits per heavy atom. The second-order valence-corrected chi connectivity index (χ2v) is 9.86. The topological polar surface area (TPSA) is 143 Å². The summed E-state index contributed by atoms with van der Waals surface area (Å²) < 4.78 is 42.0. The molecule has 1 aromatic carbocycles. The molecule has 0 aliphatic heterocycles. The Kier molecular flexibility index (Phi) is 9.73. The van der Waals surface area contributed by atoms with Gasteiger partial charge in [0.15, 0.2) is 5.82 Å². The number of pyridine rings is 1. The molecule has 4 aromatic rings. The quantitative estimate of drug-likeness (QED) is 0.129. The highest BCUT2D eigenvalue weighted by atomic mass is 32.1. The van der Waals surface area contributed by atoms with E-state index in [1.165, 1.54) is 29.7 Å². The maximum absolute atomic E-state index is 12.4. The smallest absolute Gasteiger partial charge is 0.406 e. The van der Waals surface area contributed by atoms with Gasteiger partial charge in [0.1, 0.15) is 17.2 Å². The zero-order chi connectivity index (χ0) is 29.2. The third-order valence-corrected chi connectivity index (χ3v) is 6.43. The van der Waals surface area contributed by atoms with Gasteiger partial charge in [-0.25, -0.2) is 0 Å². The molecular weight excluding hydrogens is 563 g/mol. The van der Waals surface area contributed by atoms with Gasteiger partial charge in [-0.3, -0.25) is 14.8 Å². The molecule has 2 amide bonds. The van der Waals surface area contributed by atoms with E-state index >= 15 is 0 Å². The van der Waals surface area contributed by atoms with E-state index in [0.29, 0.717) is 29.2 Å². The van der Waals surface area contributed by atoms with Crippen LogP contribution in [-0.4, -0.2) is 43.8 Å². The van der Waals surface area contributed by atoms with Crippen LogP contribution < -0.4 is 20.1 Å². The van der Waals surface area contributed by atoms with Crippen LogP contribution in [0, 0.1) is 0 Å². The van der Waals surface area contributed by atoms with Gasteiger partial charge in [0, 0.05) is 23.3 Å². The number of aryl methyl sites for hydroxylation is 2. The average Bonchev–Trinajstić information content (AvgIpc) is 3.35. The van der Waals surface area contributed by atoms with E-state index in [4.69, 9.17) is 0 Å². The number of unbranched alkanes of at least 4 members (excludes halogenated alkanes) is 1. The van der Waals surface area contributed by atoms with Crippen molar-refractivity contribution in [2.75, 3.05) is 10.6 Å². The molecule has 15 heteroatoms. The van der Waals surface area contributed by atoms with Crippen molar-refractivity contribution in [1.29, 1.82) is 0 Å². The van der Waals surface area contributed by atoms with E-state index in [1.807, 2.05) is 0 Å². The summed E-state index contributed by atoms with van der Waals surface area (Å²) in [5.41, 5.74) is 1.52. The van der Waals surface area contributed by atoms with Crippen molar-refractivity contribution in [3.63, 3.8) is 0 Å². The Bertz CT molecular complexity index is 1480. The molecule has 0 bridgehead atoms. The van der Waals surface area contributed by atoms with Crippen LogP contribution in [0.1, 0.15) is 34.8 Å². The van der Waals surface area contributed by atoms with Crippen LogP contribution in [-0.2, 0) is 35.3 Å². The molecule has 41 heavy (non-hydrogen) atoms. The summed E-state index contributed by atoms with van der Waals surface area (Å²) in [5.74, 6) is -0.943. The number of carbonyl (C=O) groups excluding carboxylic acids is 2. The minimum Gasteiger partial charge on any atom is -0.406 e. The highest BCUT2D eigenvalue weighted by Crippen LogP contribution is 2.23. The first-order valence-electron chi connectivity index (χ1n) is 12.4. The average molecular weight is 589 g/mol. The third kappa shape index (κ3) is 9.79. The van der Waals surface area contributed by atoms with Crippen molar-refractivity contribution in [1.82, 2.24) is 20.4 Å². The van der Waals surface area contributed by atoms with Crippen molar-refractivity contribution < 1.29 is 37.4 Å². The number of hydrogen-bond acceptors (Lipinski definition) is 9. The standard InChI is InChI=1S/C26H24F3N7O4S/c27-26(28,29)40-20-9-5-6-17(14-20)15-22(37)30-21-12-11-18(32-33-21)7-1-2-10-24-34-35-25(41-24)31-23(38)16-19-8-3-4-13-36(19)39/h3-6,8-9,11-14H,1-2,7,10,15-16H2,(H2-,30,31,33,35,37,38,39)/p+1. The molecule has 0 radical (unpaired) electrons. The molecule has 3 aromatic heterocycles. The largest absolute Gasteiger partial charge is 0.573 e. The number of aromatic nitrogens is 5. The zero-order valence-electron chi connectivity index (χ0n) is 21.5. The molecule has 0 saturated carbocycles. The predicted octanol–water partition coefficient (Wildman–Crippen LogP) is 3.68. The lowest BCUT2D eigenvalue weighted by atomic mass is 10.1. The van der Waals surface area contributed by atoms with Gasteiger partial charge in [0.25, 0.3) is 0 Å². The number of benzene rings is 1. The minimum atomic E-state index is -4.81.